The van der Waals surface area contributed by atoms with Gasteiger partial charge in [-0.2, -0.15) is 0 Å². The van der Waals surface area contributed by atoms with E-state index in [4.69, 9.17) is 9.98 Å². The largest absolute Gasteiger partial charge is 0.507 e. The van der Waals surface area contributed by atoms with Crippen molar-refractivity contribution in [2.45, 2.75) is 0 Å². The van der Waals surface area contributed by atoms with Gasteiger partial charge in [0.15, 0.2) is 0 Å². The summed E-state index contributed by atoms with van der Waals surface area (Å²) in [5, 5.41) is 43.2. The molecule has 0 fully saturated rings. The van der Waals surface area contributed by atoms with Crippen LogP contribution in [0.5, 0.6) is 11.5 Å². The molecule has 44 heavy (non-hydrogen) atoms. The Hall–Kier alpha value is -6.28. The minimum absolute atomic E-state index is 0.0343. The van der Waals surface area contributed by atoms with Gasteiger partial charge in [0.2, 0.25) is 0 Å². The van der Waals surface area contributed by atoms with E-state index < -0.39 is 11.9 Å². The molecule has 6 aromatic rings. The Morgan fingerprint density at radius 2 is 0.932 bits per heavy atom. The van der Waals surface area contributed by atoms with Gasteiger partial charge in [-0.1, -0.05) is 60.7 Å². The van der Waals surface area contributed by atoms with E-state index in [1.54, 1.807) is 0 Å². The van der Waals surface area contributed by atoms with Crippen molar-refractivity contribution in [1.29, 1.82) is 0 Å². The monoisotopic (exact) mass is 580 g/mol. The third-order valence-corrected chi connectivity index (χ3v) is 7.30. The van der Waals surface area contributed by atoms with Gasteiger partial charge in [-0.05, 0) is 70.1 Å². The van der Waals surface area contributed by atoms with Crippen LogP contribution in [-0.2, 0) is 0 Å². The summed E-state index contributed by atoms with van der Waals surface area (Å²) in [4.78, 5) is 32.2. The summed E-state index contributed by atoms with van der Waals surface area (Å²) in [7, 11) is 0. The molecular formula is C36H24N2O6. The van der Waals surface area contributed by atoms with Crippen LogP contribution >= 0.6 is 0 Å². The molecule has 8 heteroatoms. The van der Waals surface area contributed by atoms with Gasteiger partial charge < -0.3 is 20.4 Å². The van der Waals surface area contributed by atoms with Crippen LogP contribution < -0.4 is 0 Å². The quantitative estimate of drug-likeness (QED) is 0.141. The average Bonchev–Trinajstić information content (AvgIpc) is 3.03. The summed E-state index contributed by atoms with van der Waals surface area (Å²) in [5.74, 6) is -2.70. The summed E-state index contributed by atoms with van der Waals surface area (Å²) in [6.45, 7) is 0. The van der Waals surface area contributed by atoms with Crippen molar-refractivity contribution in [3.8, 4) is 22.6 Å². The molecule has 0 bridgehead atoms. The lowest BCUT2D eigenvalue weighted by Crippen LogP contribution is -1.96. The number of carboxylic acids is 2. The van der Waals surface area contributed by atoms with Crippen LogP contribution in [0.25, 0.3) is 32.7 Å². The minimum Gasteiger partial charge on any atom is -0.507 e. The van der Waals surface area contributed by atoms with Gasteiger partial charge in [0, 0.05) is 34.7 Å². The van der Waals surface area contributed by atoms with Gasteiger partial charge in [-0.3, -0.25) is 9.98 Å². The molecular weight excluding hydrogens is 556 g/mol. The van der Waals surface area contributed by atoms with E-state index in [0.717, 1.165) is 32.7 Å². The maximum absolute atomic E-state index is 11.3. The highest BCUT2D eigenvalue weighted by molar-refractivity contribution is 6.13. The van der Waals surface area contributed by atoms with E-state index in [-0.39, 0.29) is 22.6 Å². The zero-order chi connectivity index (χ0) is 30.8. The van der Waals surface area contributed by atoms with Crippen molar-refractivity contribution < 1.29 is 30.0 Å². The number of nitrogens with zero attached hydrogens (tertiary/aromatic N) is 2. The van der Waals surface area contributed by atoms with Crippen molar-refractivity contribution in [1.82, 2.24) is 0 Å². The van der Waals surface area contributed by atoms with Crippen LogP contribution in [0.1, 0.15) is 31.8 Å². The van der Waals surface area contributed by atoms with Gasteiger partial charge in [-0.15, -0.1) is 0 Å². The number of hydrogen-bond donors (Lipinski definition) is 4. The number of aromatic carboxylic acids is 2. The van der Waals surface area contributed by atoms with Gasteiger partial charge in [0.05, 0.1) is 22.5 Å². The molecule has 6 aromatic carbocycles. The van der Waals surface area contributed by atoms with E-state index in [0.29, 0.717) is 22.5 Å². The minimum atomic E-state index is -1.14. The number of aliphatic imine (C=N–C) groups is 2. The van der Waals surface area contributed by atoms with Crippen LogP contribution in [0.4, 0.5) is 11.4 Å². The number of benzene rings is 6. The van der Waals surface area contributed by atoms with Gasteiger partial charge in [0.1, 0.15) is 11.5 Å². The number of phenolic OH excluding ortho intramolecular Hbond substituents is 2. The zero-order valence-electron chi connectivity index (χ0n) is 23.0. The first-order valence-corrected chi connectivity index (χ1v) is 13.5. The van der Waals surface area contributed by atoms with Gasteiger partial charge in [-0.25, -0.2) is 9.59 Å². The molecule has 0 aliphatic rings. The molecule has 0 spiro atoms. The van der Waals surface area contributed by atoms with Crippen LogP contribution in [0, 0.1) is 0 Å². The molecule has 0 saturated heterocycles. The van der Waals surface area contributed by atoms with E-state index in [9.17, 15) is 30.0 Å². The van der Waals surface area contributed by atoms with Crippen molar-refractivity contribution in [2.75, 3.05) is 0 Å². The predicted octanol–water partition coefficient (Wildman–Crippen LogP) is 7.97. The standard InChI is InChI=1S/C36H24N2O6/c39-31-17-23(35(41)42)9-11-25(31)19-37-29-15-13-21-5-1-3-7-27(21)33(29)34-28-8-4-2-6-22(28)14-16-30(34)38-20-26-12-10-24(36(43)44)18-32(26)40/h1-20,39-40H,(H,41,42)(H,43,44). The Morgan fingerprint density at radius 1 is 0.523 bits per heavy atom. The molecule has 6 rings (SSSR count). The molecule has 4 N–H and O–H groups in total. The van der Waals surface area contributed by atoms with Crippen LogP contribution in [-0.4, -0.2) is 44.8 Å². The first-order chi connectivity index (χ1) is 21.3. The average molecular weight is 581 g/mol. The zero-order valence-corrected chi connectivity index (χ0v) is 23.0. The predicted molar refractivity (Wildman–Crippen MR) is 172 cm³/mol. The second-order valence-corrected chi connectivity index (χ2v) is 10.0. The van der Waals surface area contributed by atoms with Gasteiger partial charge >= 0.3 is 11.9 Å². The Kier molecular flexibility index (Phi) is 7.31. The number of rotatable bonds is 7. The highest BCUT2D eigenvalue weighted by atomic mass is 16.4. The SMILES string of the molecule is O=C(O)c1ccc(C=Nc2ccc3ccccc3c2-c2c(N=Cc3ccc(C(=O)O)cc3O)ccc3ccccc23)c(O)c1. The molecule has 0 heterocycles. The summed E-state index contributed by atoms with van der Waals surface area (Å²) in [6.07, 6.45) is 2.98. The lowest BCUT2D eigenvalue weighted by molar-refractivity contribution is 0.0685. The normalized spacial score (nSPS) is 11.5. The molecule has 0 atom stereocenters. The second kappa shape index (κ2) is 11.5. The molecule has 0 unspecified atom stereocenters. The summed E-state index contributed by atoms with van der Waals surface area (Å²) >= 11 is 0. The number of aromatic hydroxyl groups is 2. The van der Waals surface area contributed by atoms with E-state index in [1.807, 2.05) is 72.8 Å². The molecule has 0 aliphatic heterocycles. The summed E-state index contributed by atoms with van der Waals surface area (Å²) in [5.41, 5.74) is 3.39. The van der Waals surface area contributed by atoms with Crippen molar-refractivity contribution in [2.24, 2.45) is 9.98 Å². The fourth-order valence-corrected chi connectivity index (χ4v) is 5.11. The Morgan fingerprint density at radius 3 is 1.32 bits per heavy atom. The lowest BCUT2D eigenvalue weighted by Gasteiger charge is -2.16. The van der Waals surface area contributed by atoms with Crippen LogP contribution in [0.2, 0.25) is 0 Å². The molecule has 0 saturated carbocycles. The fraction of sp³-hybridized carbons (Fsp3) is 0. The maximum atomic E-state index is 11.3. The molecule has 0 radical (unpaired) electrons. The summed E-state index contributed by atoms with van der Waals surface area (Å²) < 4.78 is 0. The van der Waals surface area contributed by atoms with Crippen molar-refractivity contribution in [3.63, 3.8) is 0 Å². The van der Waals surface area contributed by atoms with Crippen molar-refractivity contribution >= 4 is 57.3 Å². The number of carbonyl (C=O) groups is 2. The van der Waals surface area contributed by atoms with Gasteiger partial charge in [0.25, 0.3) is 0 Å². The molecule has 8 nitrogen and oxygen atoms in total. The third-order valence-electron chi connectivity index (χ3n) is 7.30. The number of hydrogen-bond acceptors (Lipinski definition) is 6. The topological polar surface area (TPSA) is 140 Å². The first-order valence-electron chi connectivity index (χ1n) is 13.5. The van der Waals surface area contributed by atoms with E-state index >= 15 is 0 Å². The van der Waals surface area contributed by atoms with E-state index in [2.05, 4.69) is 0 Å². The molecule has 214 valence electrons. The number of phenols is 2. The maximum Gasteiger partial charge on any atom is 0.335 e. The highest BCUT2D eigenvalue weighted by Crippen LogP contribution is 2.45. The highest BCUT2D eigenvalue weighted by Gasteiger charge is 2.17. The lowest BCUT2D eigenvalue weighted by atomic mass is 9.91. The smallest absolute Gasteiger partial charge is 0.335 e. The fourth-order valence-electron chi connectivity index (χ4n) is 5.11. The Bertz CT molecular complexity index is 2010. The number of fused-ring (bicyclic) bond motifs is 2. The summed E-state index contributed by atoms with van der Waals surface area (Å²) in [6, 6.07) is 31.6. The van der Waals surface area contributed by atoms with Crippen LogP contribution in [0.3, 0.4) is 0 Å². The van der Waals surface area contributed by atoms with Crippen molar-refractivity contribution in [3.05, 3.63) is 131 Å². The first kappa shape index (κ1) is 27.9. The van der Waals surface area contributed by atoms with E-state index in [1.165, 1.54) is 48.8 Å². The molecule has 0 aromatic heterocycles. The molecule has 0 amide bonds. The Labute approximate surface area is 251 Å². The molecule has 0 aliphatic carbocycles. The second-order valence-electron chi connectivity index (χ2n) is 10.0. The Balaban J connectivity index is 1.56. The number of carboxylic acid groups (broad SMARTS) is 2. The third kappa shape index (κ3) is 5.35. The van der Waals surface area contributed by atoms with Crippen LogP contribution in [0.15, 0.2) is 119 Å².